The molecule has 0 saturated heterocycles. The molecule has 0 spiro atoms. The van der Waals surface area contributed by atoms with Gasteiger partial charge in [-0.15, -0.1) is 0 Å². The first-order valence-corrected chi connectivity index (χ1v) is 10.8. The van der Waals surface area contributed by atoms with E-state index in [2.05, 4.69) is 41.2 Å². The molecule has 4 aromatic rings. The SMILES string of the molecule is C[C@H](c1ccccc1)N(Cc1ccccc1)C(CC(=O)O)c1cccc(-n2cccn2)c1. The topological polar surface area (TPSA) is 58.4 Å². The van der Waals surface area contributed by atoms with Gasteiger partial charge in [0.25, 0.3) is 0 Å². The predicted octanol–water partition coefficient (Wildman–Crippen LogP) is 5.65. The third-order valence-electron chi connectivity index (χ3n) is 5.78. The molecule has 0 fully saturated rings. The van der Waals surface area contributed by atoms with E-state index < -0.39 is 5.97 Å². The van der Waals surface area contributed by atoms with Crippen LogP contribution in [0.25, 0.3) is 5.69 Å². The standard InChI is InChI=1S/C27H27N3O2/c1-21(23-12-6-3-7-13-23)29(20-22-10-4-2-5-11-22)26(19-27(31)32)24-14-8-15-25(18-24)30-17-9-16-28-30/h2-18,21,26H,19-20H2,1H3,(H,31,32)/t21-,26?/m1/s1. The molecule has 0 radical (unpaired) electrons. The van der Waals surface area contributed by atoms with Crippen molar-refractivity contribution in [1.29, 1.82) is 0 Å². The molecule has 32 heavy (non-hydrogen) atoms. The van der Waals surface area contributed by atoms with Crippen LogP contribution in [0.4, 0.5) is 0 Å². The molecule has 0 aliphatic carbocycles. The van der Waals surface area contributed by atoms with Crippen molar-refractivity contribution in [1.82, 2.24) is 14.7 Å². The summed E-state index contributed by atoms with van der Waals surface area (Å²) in [5, 5.41) is 14.2. The minimum absolute atomic E-state index is 0.00652. The highest BCUT2D eigenvalue weighted by atomic mass is 16.4. The third-order valence-corrected chi connectivity index (χ3v) is 5.78. The van der Waals surface area contributed by atoms with Crippen molar-refractivity contribution in [3.8, 4) is 5.69 Å². The minimum atomic E-state index is -0.821. The second-order valence-corrected chi connectivity index (χ2v) is 7.90. The van der Waals surface area contributed by atoms with Gasteiger partial charge in [0.2, 0.25) is 0 Å². The van der Waals surface area contributed by atoms with Crippen LogP contribution < -0.4 is 0 Å². The number of aromatic nitrogens is 2. The van der Waals surface area contributed by atoms with Gasteiger partial charge >= 0.3 is 5.97 Å². The van der Waals surface area contributed by atoms with Crippen LogP contribution in [0.3, 0.4) is 0 Å². The molecule has 1 unspecified atom stereocenters. The van der Waals surface area contributed by atoms with Gasteiger partial charge in [0, 0.05) is 31.0 Å². The highest BCUT2D eigenvalue weighted by Crippen LogP contribution is 2.35. The third kappa shape index (κ3) is 5.13. The molecular formula is C27H27N3O2. The Balaban J connectivity index is 1.77. The van der Waals surface area contributed by atoms with Gasteiger partial charge in [0.1, 0.15) is 0 Å². The summed E-state index contributed by atoms with van der Waals surface area (Å²) in [6.07, 6.45) is 3.63. The van der Waals surface area contributed by atoms with Crippen LogP contribution in [-0.4, -0.2) is 25.8 Å². The number of hydrogen-bond acceptors (Lipinski definition) is 3. The smallest absolute Gasteiger partial charge is 0.305 e. The molecule has 0 aliphatic rings. The Labute approximate surface area is 188 Å². The summed E-state index contributed by atoms with van der Waals surface area (Å²) >= 11 is 0. The zero-order valence-corrected chi connectivity index (χ0v) is 18.1. The molecule has 5 heteroatoms. The van der Waals surface area contributed by atoms with Crippen molar-refractivity contribution in [2.24, 2.45) is 0 Å². The molecule has 3 aromatic carbocycles. The molecular weight excluding hydrogens is 398 g/mol. The fourth-order valence-corrected chi connectivity index (χ4v) is 4.12. The average molecular weight is 426 g/mol. The van der Waals surface area contributed by atoms with Gasteiger partial charge in [-0.1, -0.05) is 72.8 Å². The number of carboxylic acids is 1. The molecule has 0 aliphatic heterocycles. The van der Waals surface area contributed by atoms with Crippen LogP contribution in [0.5, 0.6) is 0 Å². The van der Waals surface area contributed by atoms with Crippen molar-refractivity contribution in [3.63, 3.8) is 0 Å². The fourth-order valence-electron chi connectivity index (χ4n) is 4.12. The summed E-state index contributed by atoms with van der Waals surface area (Å²) in [6, 6.07) is 30.0. The zero-order chi connectivity index (χ0) is 22.3. The van der Waals surface area contributed by atoms with Crippen molar-refractivity contribution < 1.29 is 9.90 Å². The molecule has 1 N–H and O–H groups in total. The van der Waals surface area contributed by atoms with Crippen molar-refractivity contribution in [3.05, 3.63) is 120 Å². The Morgan fingerprint density at radius 3 is 2.28 bits per heavy atom. The molecule has 0 bridgehead atoms. The second kappa shape index (κ2) is 10.1. The predicted molar refractivity (Wildman–Crippen MR) is 125 cm³/mol. The molecule has 2 atom stereocenters. The average Bonchev–Trinajstić information content (AvgIpc) is 3.37. The Bertz CT molecular complexity index is 1130. The number of carboxylic acid groups (broad SMARTS) is 1. The second-order valence-electron chi connectivity index (χ2n) is 7.90. The molecule has 0 amide bonds. The Hall–Kier alpha value is -3.70. The van der Waals surface area contributed by atoms with Crippen molar-refractivity contribution in [2.75, 3.05) is 0 Å². The lowest BCUT2D eigenvalue weighted by molar-refractivity contribution is -0.138. The molecule has 1 heterocycles. The van der Waals surface area contributed by atoms with E-state index in [9.17, 15) is 9.90 Å². The summed E-state index contributed by atoms with van der Waals surface area (Å²) in [4.78, 5) is 14.2. The van der Waals surface area contributed by atoms with Gasteiger partial charge in [0.15, 0.2) is 0 Å². The van der Waals surface area contributed by atoms with E-state index >= 15 is 0 Å². The van der Waals surface area contributed by atoms with E-state index in [4.69, 9.17) is 0 Å². The van der Waals surface area contributed by atoms with Crippen LogP contribution in [0.15, 0.2) is 103 Å². The van der Waals surface area contributed by atoms with Crippen LogP contribution in [-0.2, 0) is 11.3 Å². The van der Waals surface area contributed by atoms with E-state index in [0.717, 1.165) is 22.4 Å². The van der Waals surface area contributed by atoms with Crippen LogP contribution in [0.2, 0.25) is 0 Å². The number of carbonyl (C=O) groups is 1. The number of rotatable bonds is 9. The van der Waals surface area contributed by atoms with E-state index in [0.29, 0.717) is 6.54 Å². The maximum atomic E-state index is 12.0. The highest BCUT2D eigenvalue weighted by molar-refractivity contribution is 5.68. The number of nitrogens with zero attached hydrogens (tertiary/aromatic N) is 3. The first-order valence-electron chi connectivity index (χ1n) is 10.8. The number of benzene rings is 3. The van der Waals surface area contributed by atoms with Crippen molar-refractivity contribution in [2.45, 2.75) is 32.0 Å². The lowest BCUT2D eigenvalue weighted by atomic mass is 9.96. The Morgan fingerprint density at radius 1 is 0.938 bits per heavy atom. The Kier molecular flexibility index (Phi) is 6.78. The summed E-state index contributed by atoms with van der Waals surface area (Å²) in [7, 11) is 0. The molecule has 5 nitrogen and oxygen atoms in total. The summed E-state index contributed by atoms with van der Waals surface area (Å²) in [5.74, 6) is -0.821. The maximum Gasteiger partial charge on any atom is 0.305 e. The molecule has 1 aromatic heterocycles. The van der Waals surface area contributed by atoms with Gasteiger partial charge in [-0.25, -0.2) is 4.68 Å². The van der Waals surface area contributed by atoms with Gasteiger partial charge in [-0.05, 0) is 41.8 Å². The number of aliphatic carboxylic acids is 1. The van der Waals surface area contributed by atoms with E-state index in [1.54, 1.807) is 10.9 Å². The van der Waals surface area contributed by atoms with Gasteiger partial charge < -0.3 is 5.11 Å². The summed E-state index contributed by atoms with van der Waals surface area (Å²) < 4.78 is 1.80. The van der Waals surface area contributed by atoms with Crippen LogP contribution in [0, 0.1) is 0 Å². The first kappa shape index (κ1) is 21.5. The molecule has 4 rings (SSSR count). The monoisotopic (exact) mass is 425 g/mol. The fraction of sp³-hybridized carbons (Fsp3) is 0.185. The summed E-state index contributed by atoms with van der Waals surface area (Å²) in [6.45, 7) is 2.78. The number of hydrogen-bond donors (Lipinski definition) is 1. The first-order chi connectivity index (χ1) is 15.6. The van der Waals surface area contributed by atoms with Gasteiger partial charge in [0.05, 0.1) is 12.1 Å². The van der Waals surface area contributed by atoms with Crippen LogP contribution >= 0.6 is 0 Å². The normalized spacial score (nSPS) is 13.1. The maximum absolute atomic E-state index is 12.0. The van der Waals surface area contributed by atoms with Gasteiger partial charge in [-0.2, -0.15) is 5.10 Å². The molecule has 0 saturated carbocycles. The zero-order valence-electron chi connectivity index (χ0n) is 18.1. The van der Waals surface area contributed by atoms with Gasteiger partial charge in [-0.3, -0.25) is 9.69 Å². The Morgan fingerprint density at radius 2 is 1.62 bits per heavy atom. The van der Waals surface area contributed by atoms with E-state index in [-0.39, 0.29) is 18.5 Å². The lowest BCUT2D eigenvalue weighted by Gasteiger charge is -2.37. The largest absolute Gasteiger partial charge is 0.481 e. The van der Waals surface area contributed by atoms with Crippen molar-refractivity contribution >= 4 is 5.97 Å². The van der Waals surface area contributed by atoms with E-state index in [1.165, 1.54) is 0 Å². The quantitative estimate of drug-likeness (QED) is 0.376. The highest BCUT2D eigenvalue weighted by Gasteiger charge is 2.28. The summed E-state index contributed by atoms with van der Waals surface area (Å²) in [5.41, 5.74) is 4.17. The van der Waals surface area contributed by atoms with Crippen LogP contribution in [0.1, 0.15) is 42.1 Å². The molecule has 162 valence electrons. The van der Waals surface area contributed by atoms with E-state index in [1.807, 2.05) is 72.9 Å². The minimum Gasteiger partial charge on any atom is -0.481 e. The lowest BCUT2D eigenvalue weighted by Crippen LogP contribution is -2.32.